The molecule has 1 aromatic heterocycles. The van der Waals surface area contributed by atoms with E-state index in [1.165, 1.54) is 0 Å². The number of hydrogen-bond acceptors (Lipinski definition) is 3. The van der Waals surface area contributed by atoms with Crippen molar-refractivity contribution in [3.8, 4) is 11.4 Å². The van der Waals surface area contributed by atoms with Gasteiger partial charge in [-0.1, -0.05) is 30.3 Å². The van der Waals surface area contributed by atoms with Gasteiger partial charge in [0.05, 0.1) is 7.11 Å². The molecule has 0 saturated heterocycles. The van der Waals surface area contributed by atoms with E-state index in [1.54, 1.807) is 17.9 Å². The van der Waals surface area contributed by atoms with Crippen molar-refractivity contribution < 1.29 is 9.53 Å². The first-order valence-corrected chi connectivity index (χ1v) is 7.87. The van der Waals surface area contributed by atoms with Crippen LogP contribution in [0.4, 0.5) is 0 Å². The maximum absolute atomic E-state index is 12.5. The van der Waals surface area contributed by atoms with Gasteiger partial charge in [0.1, 0.15) is 11.4 Å². The van der Waals surface area contributed by atoms with Crippen molar-refractivity contribution in [2.24, 2.45) is 0 Å². The van der Waals surface area contributed by atoms with Gasteiger partial charge in [-0.3, -0.25) is 9.36 Å². The van der Waals surface area contributed by atoms with Crippen LogP contribution < -0.4 is 10.1 Å². The number of ether oxygens (including phenoxy) is 1. The highest BCUT2D eigenvalue weighted by Gasteiger charge is 2.13. The summed E-state index contributed by atoms with van der Waals surface area (Å²) in [5, 5.41) is 2.91. The molecule has 0 aliphatic heterocycles. The van der Waals surface area contributed by atoms with Gasteiger partial charge in [-0.2, -0.15) is 0 Å². The van der Waals surface area contributed by atoms with E-state index in [2.05, 4.69) is 10.3 Å². The van der Waals surface area contributed by atoms with Gasteiger partial charge in [-0.05, 0) is 42.0 Å². The Hall–Kier alpha value is -2.86. The maximum atomic E-state index is 12.5. The number of methoxy groups -OCH3 is 1. The average molecular weight is 339 g/mol. The summed E-state index contributed by atoms with van der Waals surface area (Å²) in [5.41, 5.74) is 2.31. The molecule has 3 rings (SSSR count). The first kappa shape index (κ1) is 16.0. The topological polar surface area (TPSA) is 59.0 Å². The largest absolute Gasteiger partial charge is 0.497 e. The number of hydrogen-bond donors (Lipinski definition) is 2. The Morgan fingerprint density at radius 1 is 1.17 bits per heavy atom. The van der Waals surface area contributed by atoms with Gasteiger partial charge < -0.3 is 15.0 Å². The van der Waals surface area contributed by atoms with Crippen LogP contribution in [0.3, 0.4) is 0 Å². The highest BCUT2D eigenvalue weighted by Crippen LogP contribution is 2.14. The number of imidazole rings is 1. The van der Waals surface area contributed by atoms with E-state index in [1.807, 2.05) is 54.6 Å². The van der Waals surface area contributed by atoms with Crippen LogP contribution in [0, 0.1) is 4.77 Å². The third-order valence-corrected chi connectivity index (χ3v) is 3.94. The number of carbonyl (C=O) groups excluding carboxylic acids is 1. The lowest BCUT2D eigenvalue weighted by Gasteiger charge is -2.09. The van der Waals surface area contributed by atoms with E-state index in [4.69, 9.17) is 17.0 Å². The maximum Gasteiger partial charge on any atom is 0.270 e. The van der Waals surface area contributed by atoms with Gasteiger partial charge >= 0.3 is 0 Å². The molecule has 2 N–H and O–H groups in total. The number of benzene rings is 2. The number of aromatic amines is 1. The van der Waals surface area contributed by atoms with Crippen LogP contribution in [-0.4, -0.2) is 22.6 Å². The van der Waals surface area contributed by atoms with Gasteiger partial charge in [-0.15, -0.1) is 0 Å². The summed E-state index contributed by atoms with van der Waals surface area (Å²) in [7, 11) is 1.62. The molecule has 24 heavy (non-hydrogen) atoms. The quantitative estimate of drug-likeness (QED) is 0.700. The minimum Gasteiger partial charge on any atom is -0.497 e. The van der Waals surface area contributed by atoms with E-state index in [9.17, 15) is 4.79 Å². The zero-order valence-corrected chi connectivity index (χ0v) is 14.0. The molecule has 2 aromatic carbocycles. The summed E-state index contributed by atoms with van der Waals surface area (Å²) in [6, 6.07) is 17.1. The Kier molecular flexibility index (Phi) is 4.77. The minimum absolute atomic E-state index is 0.193. The SMILES string of the molecule is COc1ccc(CNC(=O)c2c[nH]c(=S)n2-c2ccccc2)cc1. The third kappa shape index (κ3) is 3.38. The standard InChI is InChI=1S/C18H17N3O2S/c1-23-15-9-7-13(8-10-15)11-19-17(22)16-12-20-18(24)21(16)14-5-3-2-4-6-14/h2-10,12H,11H2,1H3,(H,19,22)(H,20,24). The zero-order valence-electron chi connectivity index (χ0n) is 13.2. The van der Waals surface area contributed by atoms with Crippen molar-refractivity contribution in [2.75, 3.05) is 7.11 Å². The van der Waals surface area contributed by atoms with Crippen LogP contribution in [0.15, 0.2) is 60.8 Å². The first-order chi connectivity index (χ1) is 11.7. The highest BCUT2D eigenvalue weighted by atomic mass is 32.1. The zero-order chi connectivity index (χ0) is 16.9. The van der Waals surface area contributed by atoms with Crippen molar-refractivity contribution in [2.45, 2.75) is 6.54 Å². The Labute approximate surface area is 144 Å². The van der Waals surface area contributed by atoms with Crippen molar-refractivity contribution in [3.63, 3.8) is 0 Å². The smallest absolute Gasteiger partial charge is 0.270 e. The fourth-order valence-electron chi connectivity index (χ4n) is 2.39. The first-order valence-electron chi connectivity index (χ1n) is 7.46. The normalized spacial score (nSPS) is 10.4. The Bertz CT molecular complexity index is 883. The molecule has 0 radical (unpaired) electrons. The van der Waals surface area contributed by atoms with Gasteiger partial charge in [0.25, 0.3) is 5.91 Å². The summed E-state index contributed by atoms with van der Waals surface area (Å²) in [4.78, 5) is 15.5. The number of H-pyrrole nitrogens is 1. The van der Waals surface area contributed by atoms with Crippen molar-refractivity contribution in [3.05, 3.63) is 76.8 Å². The highest BCUT2D eigenvalue weighted by molar-refractivity contribution is 7.71. The summed E-state index contributed by atoms with van der Waals surface area (Å²) >= 11 is 5.29. The number of nitrogens with one attached hydrogen (secondary N) is 2. The fraction of sp³-hybridized carbons (Fsp3) is 0.111. The lowest BCUT2D eigenvalue weighted by molar-refractivity contribution is 0.0944. The summed E-state index contributed by atoms with van der Waals surface area (Å²) in [6.07, 6.45) is 1.62. The number of para-hydroxylation sites is 1. The molecule has 0 aliphatic rings. The van der Waals surface area contributed by atoms with E-state index >= 15 is 0 Å². The number of carbonyl (C=O) groups is 1. The van der Waals surface area contributed by atoms with E-state index in [0.717, 1.165) is 17.0 Å². The van der Waals surface area contributed by atoms with Crippen LogP contribution in [0.25, 0.3) is 5.69 Å². The van der Waals surface area contributed by atoms with Crippen molar-refractivity contribution >= 4 is 18.1 Å². The molecule has 0 atom stereocenters. The van der Waals surface area contributed by atoms with Gasteiger partial charge in [0.2, 0.25) is 0 Å². The Balaban J connectivity index is 1.77. The Morgan fingerprint density at radius 2 is 1.88 bits per heavy atom. The lowest BCUT2D eigenvalue weighted by atomic mass is 10.2. The number of rotatable bonds is 5. The molecule has 0 bridgehead atoms. The fourth-order valence-corrected chi connectivity index (χ4v) is 2.65. The molecule has 0 spiro atoms. The minimum atomic E-state index is -0.193. The molecule has 0 aliphatic carbocycles. The van der Waals surface area contributed by atoms with Crippen LogP contribution in [-0.2, 0) is 6.54 Å². The second kappa shape index (κ2) is 7.14. The molecule has 0 saturated carbocycles. The second-order valence-corrected chi connectivity index (χ2v) is 5.57. The number of nitrogens with zero attached hydrogens (tertiary/aromatic N) is 1. The summed E-state index contributed by atoms with van der Waals surface area (Å²) in [5.74, 6) is 0.593. The van der Waals surface area contributed by atoms with Crippen molar-refractivity contribution in [1.29, 1.82) is 0 Å². The molecule has 122 valence electrons. The predicted octanol–water partition coefficient (Wildman–Crippen LogP) is 3.47. The molecule has 0 fully saturated rings. The number of amides is 1. The van der Waals surface area contributed by atoms with Gasteiger partial charge in [0, 0.05) is 18.4 Å². The average Bonchev–Trinajstić information content (AvgIpc) is 3.02. The molecule has 1 heterocycles. The van der Waals surface area contributed by atoms with E-state index in [-0.39, 0.29) is 5.91 Å². The second-order valence-electron chi connectivity index (χ2n) is 5.18. The van der Waals surface area contributed by atoms with E-state index < -0.39 is 0 Å². The molecule has 1 amide bonds. The van der Waals surface area contributed by atoms with Crippen LogP contribution in [0.1, 0.15) is 16.1 Å². The molecular formula is C18H17N3O2S. The monoisotopic (exact) mass is 339 g/mol. The molecule has 3 aromatic rings. The predicted molar refractivity (Wildman–Crippen MR) is 95.1 cm³/mol. The summed E-state index contributed by atoms with van der Waals surface area (Å²) < 4.78 is 7.33. The summed E-state index contributed by atoms with van der Waals surface area (Å²) in [6.45, 7) is 0.426. The van der Waals surface area contributed by atoms with Crippen molar-refractivity contribution in [1.82, 2.24) is 14.9 Å². The molecule has 5 nitrogen and oxygen atoms in total. The molecular weight excluding hydrogens is 322 g/mol. The lowest BCUT2D eigenvalue weighted by Crippen LogP contribution is -2.25. The Morgan fingerprint density at radius 3 is 2.54 bits per heavy atom. The third-order valence-electron chi connectivity index (χ3n) is 3.64. The van der Waals surface area contributed by atoms with E-state index in [0.29, 0.717) is 17.0 Å². The van der Waals surface area contributed by atoms with Gasteiger partial charge in [0.15, 0.2) is 4.77 Å². The van der Waals surface area contributed by atoms with Crippen LogP contribution in [0.2, 0.25) is 0 Å². The van der Waals surface area contributed by atoms with Gasteiger partial charge in [-0.25, -0.2) is 0 Å². The number of aromatic nitrogens is 2. The van der Waals surface area contributed by atoms with Crippen LogP contribution >= 0.6 is 12.2 Å². The molecule has 0 unspecified atom stereocenters. The molecule has 6 heteroatoms. The van der Waals surface area contributed by atoms with Crippen LogP contribution in [0.5, 0.6) is 5.75 Å².